The van der Waals surface area contributed by atoms with Crippen LogP contribution in [0.15, 0.2) is 60.9 Å². The van der Waals surface area contributed by atoms with E-state index in [0.29, 0.717) is 28.5 Å². The lowest BCUT2D eigenvalue weighted by Gasteiger charge is -2.16. The number of hydrogen-bond acceptors (Lipinski definition) is 7. The van der Waals surface area contributed by atoms with Gasteiger partial charge in [0.05, 0.1) is 29.7 Å². The molecule has 9 heteroatoms. The van der Waals surface area contributed by atoms with Crippen molar-refractivity contribution in [3.8, 4) is 28.4 Å². The van der Waals surface area contributed by atoms with Gasteiger partial charge >= 0.3 is 0 Å². The molecule has 0 saturated carbocycles. The first-order valence-corrected chi connectivity index (χ1v) is 9.31. The maximum atomic E-state index is 12.7. The number of aryl methyl sites for hydroxylation is 1. The third kappa shape index (κ3) is 4.06. The van der Waals surface area contributed by atoms with Gasteiger partial charge < -0.3 is 15.4 Å². The minimum Gasteiger partial charge on any atom is -0.494 e. The highest BCUT2D eigenvalue weighted by atomic mass is 16.5. The van der Waals surface area contributed by atoms with Crippen molar-refractivity contribution in [2.24, 2.45) is 7.05 Å². The summed E-state index contributed by atoms with van der Waals surface area (Å²) in [6.07, 6.45) is 1.57. The number of methoxy groups -OCH3 is 1. The van der Waals surface area contributed by atoms with Crippen LogP contribution in [0.2, 0.25) is 0 Å². The fraction of sp³-hybridized carbons (Fsp3) is 0.136. The summed E-state index contributed by atoms with van der Waals surface area (Å²) in [5.74, 6) is 0.00581. The molecule has 4 aromatic rings. The maximum absolute atomic E-state index is 12.7. The second-order valence-electron chi connectivity index (χ2n) is 6.57. The van der Waals surface area contributed by atoms with Gasteiger partial charge in [0.15, 0.2) is 17.3 Å². The van der Waals surface area contributed by atoms with Gasteiger partial charge in [0.1, 0.15) is 6.33 Å². The molecule has 0 spiro atoms. The van der Waals surface area contributed by atoms with E-state index in [0.717, 1.165) is 5.56 Å². The topological polar surface area (TPSA) is 107 Å². The Hall–Kier alpha value is -4.27. The van der Waals surface area contributed by atoms with Crippen molar-refractivity contribution in [1.29, 1.82) is 0 Å². The van der Waals surface area contributed by atoms with Crippen LogP contribution < -0.4 is 15.4 Å². The van der Waals surface area contributed by atoms with Crippen LogP contribution in [0.5, 0.6) is 5.75 Å². The quantitative estimate of drug-likeness (QED) is 0.496. The molecule has 31 heavy (non-hydrogen) atoms. The van der Waals surface area contributed by atoms with Gasteiger partial charge in [-0.2, -0.15) is 5.10 Å². The molecule has 0 unspecified atom stereocenters. The summed E-state index contributed by atoms with van der Waals surface area (Å²) >= 11 is 0. The standard InChI is InChI=1S/C22H21N7O2/c1-23-22(30)19-18(12-17(26-27-19)14-8-5-4-6-9-14)25-16-11-7-10-15(20(16)31-3)21-24-13-29(2)28-21/h4-13H,1-3H3,(H,23,30)(H,25,26)/i1D3. The van der Waals surface area contributed by atoms with Crippen molar-refractivity contribution in [2.45, 2.75) is 0 Å². The Balaban J connectivity index is 1.80. The number of carbonyl (C=O) groups excluding carboxylic acids is 1. The first-order chi connectivity index (χ1) is 16.2. The van der Waals surface area contributed by atoms with Gasteiger partial charge in [-0.05, 0) is 18.2 Å². The van der Waals surface area contributed by atoms with Crippen LogP contribution in [0.4, 0.5) is 11.4 Å². The van der Waals surface area contributed by atoms with Gasteiger partial charge in [0.25, 0.3) is 5.91 Å². The predicted molar refractivity (Wildman–Crippen MR) is 117 cm³/mol. The number of amides is 1. The highest BCUT2D eigenvalue weighted by molar-refractivity contribution is 5.99. The van der Waals surface area contributed by atoms with Crippen molar-refractivity contribution in [3.63, 3.8) is 0 Å². The highest BCUT2D eigenvalue weighted by Gasteiger charge is 2.19. The van der Waals surface area contributed by atoms with Crippen molar-refractivity contribution >= 4 is 17.3 Å². The molecule has 0 aliphatic heterocycles. The zero-order chi connectivity index (χ0) is 24.3. The van der Waals surface area contributed by atoms with E-state index in [4.69, 9.17) is 8.85 Å². The fourth-order valence-electron chi connectivity index (χ4n) is 3.10. The molecule has 2 aromatic heterocycles. The number of anilines is 2. The second-order valence-corrected chi connectivity index (χ2v) is 6.57. The second kappa shape index (κ2) is 8.62. The van der Waals surface area contributed by atoms with Crippen LogP contribution >= 0.6 is 0 Å². The molecule has 0 fully saturated rings. The third-order valence-electron chi connectivity index (χ3n) is 4.52. The van der Waals surface area contributed by atoms with E-state index in [9.17, 15) is 4.79 Å². The Labute approximate surface area is 183 Å². The molecule has 2 N–H and O–H groups in total. The van der Waals surface area contributed by atoms with Gasteiger partial charge in [0.2, 0.25) is 0 Å². The maximum Gasteiger partial charge on any atom is 0.273 e. The zero-order valence-corrected chi connectivity index (χ0v) is 16.8. The molecule has 0 saturated heterocycles. The lowest BCUT2D eigenvalue weighted by Crippen LogP contribution is -2.21. The van der Waals surface area contributed by atoms with Crippen LogP contribution in [-0.2, 0) is 7.05 Å². The molecule has 4 rings (SSSR count). The van der Waals surface area contributed by atoms with E-state index in [1.54, 1.807) is 36.3 Å². The molecule has 0 radical (unpaired) electrons. The van der Waals surface area contributed by atoms with Crippen molar-refractivity contribution in [2.75, 3.05) is 19.4 Å². The van der Waals surface area contributed by atoms with Gasteiger partial charge in [-0.15, -0.1) is 10.2 Å². The minimum atomic E-state index is -2.68. The monoisotopic (exact) mass is 418 g/mol. The van der Waals surface area contributed by atoms with Crippen molar-refractivity contribution in [1.82, 2.24) is 30.3 Å². The first-order valence-electron chi connectivity index (χ1n) is 10.8. The van der Waals surface area contributed by atoms with E-state index >= 15 is 0 Å². The number of nitrogens with zero attached hydrogens (tertiary/aromatic N) is 5. The summed E-state index contributed by atoms with van der Waals surface area (Å²) < 4.78 is 29.3. The van der Waals surface area contributed by atoms with E-state index in [2.05, 4.69) is 25.6 Å². The number of aromatic nitrogens is 5. The molecule has 0 aliphatic rings. The molecule has 156 valence electrons. The van der Waals surface area contributed by atoms with E-state index < -0.39 is 12.9 Å². The molecular weight excluding hydrogens is 394 g/mol. The fourth-order valence-corrected chi connectivity index (χ4v) is 3.10. The normalized spacial score (nSPS) is 12.4. The Morgan fingerprint density at radius 3 is 2.65 bits per heavy atom. The van der Waals surface area contributed by atoms with Crippen molar-refractivity contribution < 1.29 is 13.6 Å². The van der Waals surface area contributed by atoms with Gasteiger partial charge in [-0.25, -0.2) is 4.98 Å². The molecule has 9 nitrogen and oxygen atoms in total. The summed E-state index contributed by atoms with van der Waals surface area (Å²) in [7, 11) is 3.27. The lowest BCUT2D eigenvalue weighted by atomic mass is 10.1. The van der Waals surface area contributed by atoms with Crippen LogP contribution in [-0.4, -0.2) is 45.0 Å². The summed E-state index contributed by atoms with van der Waals surface area (Å²) in [6, 6.07) is 16.2. The number of rotatable bonds is 6. The molecule has 1 amide bonds. The van der Waals surface area contributed by atoms with E-state index in [-0.39, 0.29) is 11.4 Å². The average Bonchev–Trinajstić information content (AvgIpc) is 3.24. The predicted octanol–water partition coefficient (Wildman–Crippen LogP) is 3.05. The number of ether oxygens (including phenoxy) is 1. The Morgan fingerprint density at radius 2 is 1.94 bits per heavy atom. The van der Waals surface area contributed by atoms with E-state index in [1.807, 2.05) is 41.7 Å². The smallest absolute Gasteiger partial charge is 0.273 e. The Morgan fingerprint density at radius 1 is 1.10 bits per heavy atom. The van der Waals surface area contributed by atoms with Crippen LogP contribution in [0.3, 0.4) is 0 Å². The average molecular weight is 418 g/mol. The minimum absolute atomic E-state index is 0.181. The van der Waals surface area contributed by atoms with Crippen LogP contribution in [0, 0.1) is 0 Å². The first kappa shape index (κ1) is 16.5. The number of para-hydroxylation sites is 1. The summed E-state index contributed by atoms with van der Waals surface area (Å²) in [6.45, 7) is -2.68. The SMILES string of the molecule is [2H]C([2H])([2H])NC(=O)c1nnc(-c2ccccc2)cc1Nc1cccc(-c2ncn(C)n2)c1OC. The number of nitrogens with one attached hydrogen (secondary N) is 2. The summed E-state index contributed by atoms with van der Waals surface area (Å²) in [4.78, 5) is 17.0. The van der Waals surface area contributed by atoms with Crippen molar-refractivity contribution in [3.05, 3.63) is 66.6 Å². The molecule has 0 atom stereocenters. The molecule has 2 heterocycles. The Bertz CT molecular complexity index is 1320. The molecular formula is C22H21N7O2. The molecule has 2 aromatic carbocycles. The summed E-state index contributed by atoms with van der Waals surface area (Å²) in [5.41, 5.74) is 2.47. The summed E-state index contributed by atoms with van der Waals surface area (Å²) in [5, 5.41) is 17.6. The van der Waals surface area contributed by atoms with Crippen LogP contribution in [0.1, 0.15) is 14.6 Å². The number of hydrogen-bond donors (Lipinski definition) is 2. The number of benzene rings is 2. The Kier molecular flexibility index (Phi) is 4.59. The molecule has 0 bridgehead atoms. The zero-order valence-electron chi connectivity index (χ0n) is 19.8. The third-order valence-corrected chi connectivity index (χ3v) is 4.52. The largest absolute Gasteiger partial charge is 0.494 e. The van der Waals surface area contributed by atoms with Gasteiger partial charge in [-0.3, -0.25) is 9.48 Å². The van der Waals surface area contributed by atoms with E-state index in [1.165, 1.54) is 7.11 Å². The van der Waals surface area contributed by atoms with Gasteiger partial charge in [0, 0.05) is 23.7 Å². The molecule has 0 aliphatic carbocycles. The lowest BCUT2D eigenvalue weighted by molar-refractivity contribution is 0.0958. The van der Waals surface area contributed by atoms with Gasteiger partial charge in [-0.1, -0.05) is 36.4 Å². The highest BCUT2D eigenvalue weighted by Crippen LogP contribution is 2.37. The number of carbonyl (C=O) groups is 1. The van der Waals surface area contributed by atoms with Crippen LogP contribution in [0.25, 0.3) is 22.6 Å².